The molecule has 0 saturated carbocycles. The summed E-state index contributed by atoms with van der Waals surface area (Å²) in [4.78, 5) is 10.4. The maximum Gasteiger partial charge on any atom is 0.335 e. The van der Waals surface area contributed by atoms with E-state index in [4.69, 9.17) is 5.11 Å². The van der Waals surface area contributed by atoms with Crippen molar-refractivity contribution in [2.45, 2.75) is 7.43 Å². The third kappa shape index (κ3) is 2.23. The van der Waals surface area contributed by atoms with Crippen molar-refractivity contribution in [1.29, 1.82) is 0 Å². The normalized spacial score (nSPS) is 8.33. The molecule has 2 heteroatoms. The Balaban J connectivity index is 0.00000121. The fourth-order valence-electron chi connectivity index (χ4n) is 0.763. The molecule has 0 radical (unpaired) electrons. The van der Waals surface area contributed by atoms with Crippen LogP contribution in [0.4, 0.5) is 0 Å². The van der Waals surface area contributed by atoms with Crippen molar-refractivity contribution in [3.8, 4) is 0 Å². The largest absolute Gasteiger partial charge is 0.478 e. The van der Waals surface area contributed by atoms with Crippen LogP contribution in [-0.2, 0) is 4.79 Å². The van der Waals surface area contributed by atoms with Gasteiger partial charge in [0.1, 0.15) is 0 Å². The monoisotopic (exact) mass is 164 g/mol. The lowest BCUT2D eigenvalue weighted by molar-refractivity contribution is -0.130. The third-order valence-corrected chi connectivity index (χ3v) is 1.38. The van der Waals surface area contributed by atoms with Gasteiger partial charge in [0.2, 0.25) is 0 Å². The molecule has 0 unspecified atom stereocenters. The van der Waals surface area contributed by atoms with E-state index in [1.807, 2.05) is 6.07 Å². The molecule has 0 spiro atoms. The zero-order chi connectivity index (χ0) is 8.27. The number of hydrogen-bond acceptors (Lipinski definition) is 1. The second-order valence-corrected chi connectivity index (χ2v) is 2.15. The van der Waals surface area contributed by atoms with E-state index in [0.29, 0.717) is 5.56 Å². The van der Waals surface area contributed by atoms with Gasteiger partial charge >= 0.3 is 5.97 Å². The van der Waals surface area contributed by atoms with Crippen molar-refractivity contribution in [3.63, 3.8) is 0 Å². The number of carboxylic acids is 1. The Bertz CT molecular complexity index is 275. The van der Waals surface area contributed by atoms with E-state index in [0.717, 1.165) is 0 Å². The van der Waals surface area contributed by atoms with Gasteiger partial charge < -0.3 is 5.11 Å². The van der Waals surface area contributed by atoms with E-state index < -0.39 is 5.97 Å². The van der Waals surface area contributed by atoms with Crippen molar-refractivity contribution in [1.82, 2.24) is 0 Å². The molecule has 0 amide bonds. The zero-order valence-electron chi connectivity index (χ0n) is 5.95. The molecule has 0 aliphatic heterocycles. The average molecular weight is 164 g/mol. The molecule has 1 rings (SSSR count). The van der Waals surface area contributed by atoms with Gasteiger partial charge in [-0.25, -0.2) is 4.79 Å². The van der Waals surface area contributed by atoms with E-state index >= 15 is 0 Å². The fraction of sp³-hybridized carbons (Fsp3) is 0.100. The lowest BCUT2D eigenvalue weighted by Gasteiger charge is -1.97. The minimum Gasteiger partial charge on any atom is -0.478 e. The lowest BCUT2D eigenvalue weighted by atomic mass is 10.1. The van der Waals surface area contributed by atoms with Crippen LogP contribution in [0.3, 0.4) is 0 Å². The standard InChI is InChI=1S/C9H8O2.CH4/c1-7(9(10)11)8-5-3-2-4-6-8;/h2-6H,1H2,(H,10,11);1H4. The van der Waals surface area contributed by atoms with E-state index in [2.05, 4.69) is 6.58 Å². The van der Waals surface area contributed by atoms with Gasteiger partial charge in [-0.15, -0.1) is 0 Å². The third-order valence-electron chi connectivity index (χ3n) is 1.38. The summed E-state index contributed by atoms with van der Waals surface area (Å²) in [5.74, 6) is -0.976. The summed E-state index contributed by atoms with van der Waals surface area (Å²) in [5.41, 5.74) is 0.783. The second kappa shape index (κ2) is 4.34. The highest BCUT2D eigenvalue weighted by Gasteiger charge is 2.04. The Morgan fingerprint density at radius 2 is 1.75 bits per heavy atom. The highest BCUT2D eigenvalue weighted by atomic mass is 16.4. The summed E-state index contributed by atoms with van der Waals surface area (Å²) in [5, 5.41) is 8.54. The number of hydrogen-bond donors (Lipinski definition) is 1. The first-order valence-electron chi connectivity index (χ1n) is 3.19. The zero-order valence-corrected chi connectivity index (χ0v) is 5.95. The molecular formula is C10H12O2. The lowest BCUT2D eigenvalue weighted by Crippen LogP contribution is -1.96. The van der Waals surface area contributed by atoms with E-state index in [9.17, 15) is 4.79 Å². The second-order valence-electron chi connectivity index (χ2n) is 2.15. The molecule has 1 aromatic rings. The van der Waals surface area contributed by atoms with Gasteiger partial charge in [-0.05, 0) is 5.56 Å². The van der Waals surface area contributed by atoms with Crippen molar-refractivity contribution in [3.05, 3.63) is 42.5 Å². The van der Waals surface area contributed by atoms with Crippen molar-refractivity contribution >= 4 is 11.5 Å². The first-order chi connectivity index (χ1) is 5.22. The van der Waals surface area contributed by atoms with Crippen molar-refractivity contribution in [2.24, 2.45) is 0 Å². The summed E-state index contributed by atoms with van der Waals surface area (Å²) in [6, 6.07) is 8.83. The summed E-state index contributed by atoms with van der Waals surface area (Å²) < 4.78 is 0. The van der Waals surface area contributed by atoms with Gasteiger partial charge in [0.15, 0.2) is 0 Å². The number of carbonyl (C=O) groups is 1. The molecule has 0 saturated heterocycles. The number of aliphatic carboxylic acids is 1. The summed E-state index contributed by atoms with van der Waals surface area (Å²) in [6.45, 7) is 3.42. The average Bonchev–Trinajstić information content (AvgIpc) is 2.05. The van der Waals surface area contributed by atoms with Crippen molar-refractivity contribution < 1.29 is 9.90 Å². The Labute approximate surface area is 72.2 Å². The molecular weight excluding hydrogens is 152 g/mol. The van der Waals surface area contributed by atoms with Crippen LogP contribution in [0.5, 0.6) is 0 Å². The van der Waals surface area contributed by atoms with Gasteiger partial charge in [0.05, 0.1) is 5.57 Å². The summed E-state index contributed by atoms with van der Waals surface area (Å²) in [7, 11) is 0. The quantitative estimate of drug-likeness (QED) is 0.681. The summed E-state index contributed by atoms with van der Waals surface area (Å²) >= 11 is 0. The molecule has 0 bridgehead atoms. The molecule has 64 valence electrons. The van der Waals surface area contributed by atoms with Crippen molar-refractivity contribution in [2.75, 3.05) is 0 Å². The smallest absolute Gasteiger partial charge is 0.335 e. The van der Waals surface area contributed by atoms with Crippen LogP contribution in [0.1, 0.15) is 13.0 Å². The molecule has 0 fully saturated rings. The van der Waals surface area contributed by atoms with Gasteiger partial charge in [-0.3, -0.25) is 0 Å². The summed E-state index contributed by atoms with van der Waals surface area (Å²) in [6.07, 6.45) is 0. The predicted octanol–water partition coefficient (Wildman–Crippen LogP) is 2.42. The Morgan fingerprint density at radius 1 is 1.25 bits per heavy atom. The van der Waals surface area contributed by atoms with Gasteiger partial charge in [0, 0.05) is 0 Å². The molecule has 0 aliphatic carbocycles. The molecule has 2 nitrogen and oxygen atoms in total. The minimum atomic E-state index is -0.976. The first kappa shape index (κ1) is 10.4. The molecule has 1 N–H and O–H groups in total. The Hall–Kier alpha value is -1.57. The maximum atomic E-state index is 10.4. The minimum absolute atomic E-state index is 0. The number of rotatable bonds is 2. The van der Waals surface area contributed by atoms with E-state index in [1.165, 1.54) is 0 Å². The first-order valence-corrected chi connectivity index (χ1v) is 3.19. The van der Waals surface area contributed by atoms with E-state index in [1.54, 1.807) is 24.3 Å². The van der Waals surface area contributed by atoms with Crippen LogP contribution in [-0.4, -0.2) is 11.1 Å². The molecule has 0 aliphatic rings. The molecule has 12 heavy (non-hydrogen) atoms. The maximum absolute atomic E-state index is 10.4. The molecule has 1 aromatic carbocycles. The van der Waals surface area contributed by atoms with E-state index in [-0.39, 0.29) is 13.0 Å². The molecule has 0 heterocycles. The van der Waals surface area contributed by atoms with Crippen LogP contribution in [0.2, 0.25) is 0 Å². The van der Waals surface area contributed by atoms with Crippen LogP contribution >= 0.6 is 0 Å². The highest BCUT2D eigenvalue weighted by Crippen LogP contribution is 2.10. The van der Waals surface area contributed by atoms with Crippen LogP contribution in [0.15, 0.2) is 36.9 Å². The number of benzene rings is 1. The predicted molar refractivity (Wildman–Crippen MR) is 49.8 cm³/mol. The van der Waals surface area contributed by atoms with Gasteiger partial charge in [0.25, 0.3) is 0 Å². The van der Waals surface area contributed by atoms with Gasteiger partial charge in [-0.1, -0.05) is 44.3 Å². The van der Waals surface area contributed by atoms with Crippen LogP contribution in [0.25, 0.3) is 5.57 Å². The number of carboxylic acid groups (broad SMARTS) is 1. The topological polar surface area (TPSA) is 37.3 Å². The van der Waals surface area contributed by atoms with Gasteiger partial charge in [-0.2, -0.15) is 0 Å². The fourth-order valence-corrected chi connectivity index (χ4v) is 0.763. The molecule has 0 aromatic heterocycles. The highest BCUT2D eigenvalue weighted by molar-refractivity contribution is 6.14. The SMILES string of the molecule is C.C=C(C(=O)O)c1ccccc1. The Morgan fingerprint density at radius 3 is 2.17 bits per heavy atom. The molecule has 0 atom stereocenters. The Kier molecular flexibility index (Phi) is 3.77. The van der Waals surface area contributed by atoms with Crippen LogP contribution < -0.4 is 0 Å². The van der Waals surface area contributed by atoms with Crippen LogP contribution in [0, 0.1) is 0 Å².